The number of rotatable bonds is 15. The van der Waals surface area contributed by atoms with Crippen LogP contribution in [0.15, 0.2) is 46.6 Å². The van der Waals surface area contributed by atoms with Gasteiger partial charge in [-0.25, -0.2) is 0 Å². The number of likely N-dealkylation sites (N-methyl/N-ethyl adjacent to an activating group) is 2. The minimum absolute atomic E-state index is 0.0000207. The highest BCUT2D eigenvalue weighted by molar-refractivity contribution is 5.78. The van der Waals surface area contributed by atoms with E-state index in [1.54, 1.807) is 11.1 Å². The third kappa shape index (κ3) is 9.48. The number of carbonyl (C=O) groups is 2. The molecule has 2 unspecified atom stereocenters. The lowest BCUT2D eigenvalue weighted by atomic mass is 9.47. The average molecular weight is 835 g/mol. The lowest BCUT2D eigenvalue weighted by molar-refractivity contribution is -0.948. The van der Waals surface area contributed by atoms with E-state index in [0.29, 0.717) is 45.7 Å². The minimum atomic E-state index is -0.778. The largest absolute Gasteiger partial charge is 0.462 e. The summed E-state index contributed by atoms with van der Waals surface area (Å²) in [6.07, 6.45) is 20.6. The highest BCUT2D eigenvalue weighted by Gasteiger charge is 2.59. The van der Waals surface area contributed by atoms with E-state index in [0.717, 1.165) is 90.1 Å². The van der Waals surface area contributed by atoms with Crippen molar-refractivity contribution in [3.63, 3.8) is 0 Å². The van der Waals surface area contributed by atoms with Crippen molar-refractivity contribution in [1.29, 1.82) is 0 Å². The van der Waals surface area contributed by atoms with Crippen molar-refractivity contribution in [2.24, 2.45) is 57.2 Å². The van der Waals surface area contributed by atoms with Crippen LogP contribution in [0, 0.1) is 57.2 Å². The molecule has 0 aliphatic heterocycles. The summed E-state index contributed by atoms with van der Waals surface area (Å²) in [5.41, 5.74) is 5.10. The highest BCUT2D eigenvalue weighted by atomic mass is 16.5. The fourth-order valence-electron chi connectivity index (χ4n) is 13.8. The molecular formula is C52H86N2O6+2. The third-order valence-corrected chi connectivity index (χ3v) is 17.6. The van der Waals surface area contributed by atoms with Crippen molar-refractivity contribution < 1.29 is 38.2 Å². The summed E-state index contributed by atoms with van der Waals surface area (Å²) in [6, 6.07) is 0. The molecule has 0 radical (unpaired) electrons. The lowest BCUT2D eigenvalue weighted by Gasteiger charge is -2.57. The molecule has 0 amide bonds. The number of fused-ring (bicyclic) bond motifs is 6. The molecule has 6 rings (SSSR count). The molecule has 10 atom stereocenters. The molecule has 338 valence electrons. The first-order chi connectivity index (χ1) is 27.9. The normalized spacial score (nSPS) is 35.4. The van der Waals surface area contributed by atoms with E-state index >= 15 is 0 Å². The predicted octanol–water partition coefficient (Wildman–Crippen LogP) is 9.22. The number of hydrogen-bond acceptors (Lipinski definition) is 6. The number of allylic oxidation sites excluding steroid dienone is 8. The molecule has 8 nitrogen and oxygen atoms in total. The molecule has 0 heterocycles. The lowest BCUT2D eigenvalue weighted by Crippen LogP contribution is -2.56. The number of aliphatic hydroxyl groups is 2. The van der Waals surface area contributed by atoms with Gasteiger partial charge in [-0.15, -0.1) is 0 Å². The van der Waals surface area contributed by atoms with Gasteiger partial charge in [0.05, 0.1) is 39.0 Å². The van der Waals surface area contributed by atoms with Gasteiger partial charge in [-0.05, 0) is 136 Å². The fraction of sp³-hybridized carbons (Fsp3) is 0.808. The van der Waals surface area contributed by atoms with Crippen molar-refractivity contribution in [2.45, 2.75) is 145 Å². The van der Waals surface area contributed by atoms with Gasteiger partial charge < -0.3 is 28.7 Å². The van der Waals surface area contributed by atoms with E-state index in [-0.39, 0.29) is 47.8 Å². The van der Waals surface area contributed by atoms with Crippen LogP contribution in [-0.2, 0) is 19.1 Å². The fourth-order valence-corrected chi connectivity index (χ4v) is 13.8. The molecule has 2 fully saturated rings. The summed E-state index contributed by atoms with van der Waals surface area (Å²) in [5, 5.41) is 22.4. The van der Waals surface area contributed by atoms with Crippen LogP contribution in [0.3, 0.4) is 0 Å². The molecular weight excluding hydrogens is 749 g/mol. The number of esters is 2. The summed E-state index contributed by atoms with van der Waals surface area (Å²) >= 11 is 0. The van der Waals surface area contributed by atoms with Crippen LogP contribution >= 0.6 is 0 Å². The van der Waals surface area contributed by atoms with Crippen LogP contribution < -0.4 is 0 Å². The first-order valence-corrected chi connectivity index (χ1v) is 24.1. The summed E-state index contributed by atoms with van der Waals surface area (Å²) in [6.45, 7) is 20.7. The maximum atomic E-state index is 14.0. The van der Waals surface area contributed by atoms with Gasteiger partial charge in [0, 0.05) is 0 Å². The molecule has 60 heavy (non-hydrogen) atoms. The standard InChI is InChI=1S/C52H86N2O6/c1-35(2)37-15-19-43-39(29-37)17-21-45-49(43,5)23-13-25-51(45,7)47(57)59-33-41(55)31-53(9,10)27-28-54(11,12)32-42(56)34-60-48(58)52(8)26-14-24-50(6)44-20-16-38(36(3)4)30-40(44)18-22-46(50)52/h17-18,29-30,35-36,41-46,55-56H,13-16,19-28,31-34H2,1-12H3/q+2/t41?,42?,43-,44-,45+,46+,49+,50+,51+,52+/m0/s1. The first kappa shape index (κ1) is 47.2. The van der Waals surface area contributed by atoms with Gasteiger partial charge in [0.1, 0.15) is 51.6 Å². The molecule has 8 heteroatoms. The Morgan fingerprint density at radius 2 is 1.02 bits per heavy atom. The zero-order valence-electron chi connectivity index (χ0n) is 40.1. The predicted molar refractivity (Wildman–Crippen MR) is 241 cm³/mol. The second-order valence-corrected chi connectivity index (χ2v) is 23.7. The van der Waals surface area contributed by atoms with E-state index in [9.17, 15) is 19.8 Å². The molecule has 0 aromatic carbocycles. The van der Waals surface area contributed by atoms with Crippen molar-refractivity contribution >= 4 is 11.9 Å². The van der Waals surface area contributed by atoms with Crippen molar-refractivity contribution in [1.82, 2.24) is 0 Å². The van der Waals surface area contributed by atoms with Crippen LogP contribution in [0.4, 0.5) is 0 Å². The van der Waals surface area contributed by atoms with Crippen molar-refractivity contribution in [3.8, 4) is 0 Å². The van der Waals surface area contributed by atoms with Crippen LogP contribution in [-0.4, -0.2) is 111 Å². The Morgan fingerprint density at radius 3 is 1.37 bits per heavy atom. The monoisotopic (exact) mass is 835 g/mol. The summed E-state index contributed by atoms with van der Waals surface area (Å²) in [7, 11) is 8.39. The van der Waals surface area contributed by atoms with Gasteiger partial charge in [0.15, 0.2) is 0 Å². The summed E-state index contributed by atoms with van der Waals surface area (Å²) in [5.74, 6) is 2.29. The van der Waals surface area contributed by atoms with E-state index < -0.39 is 23.0 Å². The molecule has 2 saturated carbocycles. The maximum Gasteiger partial charge on any atom is 0.312 e. The topological polar surface area (TPSA) is 93.1 Å². The first-order valence-electron chi connectivity index (χ1n) is 24.1. The molecule has 6 aliphatic rings. The average Bonchev–Trinajstić information content (AvgIpc) is 3.17. The van der Waals surface area contributed by atoms with Crippen LogP contribution in [0.2, 0.25) is 0 Å². The van der Waals surface area contributed by atoms with E-state index in [1.165, 1.54) is 11.1 Å². The molecule has 0 spiro atoms. The van der Waals surface area contributed by atoms with Crippen molar-refractivity contribution in [3.05, 3.63) is 46.6 Å². The van der Waals surface area contributed by atoms with Gasteiger partial charge in [0.25, 0.3) is 0 Å². The number of aliphatic hydroxyl groups excluding tert-OH is 2. The molecule has 0 bridgehead atoms. The van der Waals surface area contributed by atoms with Gasteiger partial charge >= 0.3 is 11.9 Å². The van der Waals surface area contributed by atoms with Gasteiger partial charge in [-0.3, -0.25) is 9.59 Å². The maximum absolute atomic E-state index is 14.0. The van der Waals surface area contributed by atoms with Crippen LogP contribution in [0.25, 0.3) is 0 Å². The Hall–Kier alpha value is -2.26. The number of hydrogen-bond donors (Lipinski definition) is 2. The molecule has 2 N–H and O–H groups in total. The SMILES string of the molecule is CC(C)C1=CC2=CC[C@@H]3[C@](C)(CCC[C@@]3(C)C(=O)OCC(O)C[N+](C)(C)CC[N+](C)(C)CC(O)COC(=O)[C@]3(C)CCC[C@@]4(C)[C@H]3CC=C3C=C(C(C)C)CC[C@@H]34)[C@H]2CC1. The number of quaternary nitrogens is 2. The second kappa shape index (κ2) is 17.7. The van der Waals surface area contributed by atoms with Crippen LogP contribution in [0.5, 0.6) is 0 Å². The van der Waals surface area contributed by atoms with Gasteiger partial charge in [-0.2, -0.15) is 0 Å². The molecule has 0 aromatic rings. The van der Waals surface area contributed by atoms with E-state index in [4.69, 9.17) is 9.47 Å². The quantitative estimate of drug-likeness (QED) is 0.126. The zero-order chi connectivity index (χ0) is 44.1. The molecule has 0 aromatic heterocycles. The Kier molecular flexibility index (Phi) is 13.9. The van der Waals surface area contributed by atoms with Crippen LogP contribution in [0.1, 0.15) is 132 Å². The van der Waals surface area contributed by atoms with E-state index in [2.05, 4.69) is 108 Å². The van der Waals surface area contributed by atoms with Gasteiger partial charge in [0.2, 0.25) is 0 Å². The molecule has 6 aliphatic carbocycles. The van der Waals surface area contributed by atoms with Gasteiger partial charge in [-0.1, -0.05) is 89.8 Å². The second-order valence-electron chi connectivity index (χ2n) is 23.7. The summed E-state index contributed by atoms with van der Waals surface area (Å²) < 4.78 is 13.1. The Morgan fingerprint density at radius 1 is 0.650 bits per heavy atom. The smallest absolute Gasteiger partial charge is 0.312 e. The number of carbonyl (C=O) groups excluding carboxylic acids is 2. The Balaban J connectivity index is 0.963. The number of nitrogens with zero attached hydrogens (tertiary/aromatic N) is 2. The highest BCUT2D eigenvalue weighted by Crippen LogP contribution is 2.64. The Labute approximate surface area is 365 Å². The third-order valence-electron chi connectivity index (χ3n) is 17.6. The Bertz CT molecular complexity index is 1600. The molecule has 0 saturated heterocycles. The minimum Gasteiger partial charge on any atom is -0.462 e. The zero-order valence-corrected chi connectivity index (χ0v) is 40.1. The number of ether oxygens (including phenoxy) is 2. The van der Waals surface area contributed by atoms with E-state index in [1.807, 2.05) is 0 Å². The summed E-state index contributed by atoms with van der Waals surface area (Å²) in [4.78, 5) is 27.9. The van der Waals surface area contributed by atoms with Crippen molar-refractivity contribution in [2.75, 3.05) is 67.6 Å².